The summed E-state index contributed by atoms with van der Waals surface area (Å²) in [4.78, 5) is 11.0. The molecule has 0 saturated heterocycles. The van der Waals surface area contributed by atoms with E-state index in [4.69, 9.17) is 5.11 Å². The fourth-order valence-electron chi connectivity index (χ4n) is 1.73. The highest BCUT2D eigenvalue weighted by Crippen LogP contribution is 2.19. The van der Waals surface area contributed by atoms with Crippen molar-refractivity contribution < 1.29 is 23.4 Å². The summed E-state index contributed by atoms with van der Waals surface area (Å²) in [5.41, 5.74) is -1.14. The van der Waals surface area contributed by atoms with Gasteiger partial charge in [0.2, 0.25) is 10.0 Å². The van der Waals surface area contributed by atoms with Crippen LogP contribution in [0.1, 0.15) is 44.6 Å². The lowest BCUT2D eigenvalue weighted by molar-refractivity contribution is 0.0685. The second kappa shape index (κ2) is 6.17. The monoisotopic (exact) mass is 318 g/mol. The SMILES string of the molecule is CCCn1cc(S(=O)(=O)NC(C)(C)C(C)O)cc1C(=O)O. The zero-order valence-corrected chi connectivity index (χ0v) is 13.4. The minimum Gasteiger partial charge on any atom is -0.477 e. The van der Waals surface area contributed by atoms with E-state index in [1.54, 1.807) is 13.8 Å². The number of hydrogen-bond donors (Lipinski definition) is 3. The van der Waals surface area contributed by atoms with Crippen LogP contribution in [0, 0.1) is 0 Å². The highest BCUT2D eigenvalue weighted by atomic mass is 32.2. The summed E-state index contributed by atoms with van der Waals surface area (Å²) in [6.45, 7) is 6.87. The molecule has 120 valence electrons. The lowest BCUT2D eigenvalue weighted by Gasteiger charge is -2.28. The number of aryl methyl sites for hydroxylation is 1. The number of nitrogens with one attached hydrogen (secondary N) is 1. The summed E-state index contributed by atoms with van der Waals surface area (Å²) in [5, 5.41) is 18.7. The molecule has 0 radical (unpaired) electrons. The molecule has 0 fully saturated rings. The van der Waals surface area contributed by atoms with E-state index in [0.29, 0.717) is 13.0 Å². The number of carboxylic acids is 1. The zero-order valence-electron chi connectivity index (χ0n) is 12.6. The summed E-state index contributed by atoms with van der Waals surface area (Å²) < 4.78 is 28.4. The topological polar surface area (TPSA) is 109 Å². The van der Waals surface area contributed by atoms with Crippen molar-refractivity contribution in [2.24, 2.45) is 0 Å². The Morgan fingerprint density at radius 3 is 2.48 bits per heavy atom. The molecule has 0 aliphatic rings. The molecule has 1 aromatic rings. The van der Waals surface area contributed by atoms with E-state index >= 15 is 0 Å². The summed E-state index contributed by atoms with van der Waals surface area (Å²) in [7, 11) is -3.91. The molecule has 0 aliphatic carbocycles. The van der Waals surface area contributed by atoms with Gasteiger partial charge in [0, 0.05) is 12.7 Å². The van der Waals surface area contributed by atoms with Crippen LogP contribution in [0.4, 0.5) is 0 Å². The molecule has 0 aliphatic heterocycles. The highest BCUT2D eigenvalue weighted by Gasteiger charge is 2.31. The third kappa shape index (κ3) is 4.05. The first kappa shape index (κ1) is 17.7. The van der Waals surface area contributed by atoms with E-state index in [-0.39, 0.29) is 10.6 Å². The maximum Gasteiger partial charge on any atom is 0.352 e. The number of carbonyl (C=O) groups is 1. The number of aromatic nitrogens is 1. The summed E-state index contributed by atoms with van der Waals surface area (Å²) in [5.74, 6) is -1.18. The molecule has 0 aromatic carbocycles. The zero-order chi connectivity index (χ0) is 16.4. The van der Waals surface area contributed by atoms with Crippen LogP contribution in [0.15, 0.2) is 17.2 Å². The van der Waals surface area contributed by atoms with Crippen LogP contribution in [0.2, 0.25) is 0 Å². The molecule has 0 saturated carbocycles. The molecular formula is C13H22N2O5S. The Kier molecular flexibility index (Phi) is 5.19. The van der Waals surface area contributed by atoms with Gasteiger partial charge in [-0.1, -0.05) is 6.92 Å². The molecular weight excluding hydrogens is 296 g/mol. The van der Waals surface area contributed by atoms with E-state index in [0.717, 1.165) is 6.07 Å². The van der Waals surface area contributed by atoms with Crippen molar-refractivity contribution in [2.75, 3.05) is 0 Å². The molecule has 8 heteroatoms. The first-order valence-corrected chi connectivity index (χ1v) is 8.15. The van der Waals surface area contributed by atoms with Crippen LogP contribution >= 0.6 is 0 Å². The van der Waals surface area contributed by atoms with E-state index in [1.807, 2.05) is 6.92 Å². The van der Waals surface area contributed by atoms with Gasteiger partial charge >= 0.3 is 5.97 Å². The largest absolute Gasteiger partial charge is 0.477 e. The van der Waals surface area contributed by atoms with Crippen molar-refractivity contribution in [1.29, 1.82) is 0 Å². The molecule has 1 atom stereocenters. The van der Waals surface area contributed by atoms with Gasteiger partial charge in [0.1, 0.15) is 10.6 Å². The fraction of sp³-hybridized carbons (Fsp3) is 0.615. The predicted molar refractivity (Wildman–Crippen MR) is 77.8 cm³/mol. The molecule has 1 rings (SSSR count). The highest BCUT2D eigenvalue weighted by molar-refractivity contribution is 7.89. The number of rotatable bonds is 7. The Morgan fingerprint density at radius 1 is 1.48 bits per heavy atom. The number of aliphatic hydroxyl groups excluding tert-OH is 1. The Morgan fingerprint density at radius 2 is 2.05 bits per heavy atom. The third-order valence-electron chi connectivity index (χ3n) is 3.31. The van der Waals surface area contributed by atoms with Gasteiger partial charge in [-0.05, 0) is 33.3 Å². The molecule has 1 unspecified atom stereocenters. The molecule has 3 N–H and O–H groups in total. The number of hydrogen-bond acceptors (Lipinski definition) is 4. The van der Waals surface area contributed by atoms with Crippen LogP contribution in [0.5, 0.6) is 0 Å². The standard InChI is InChI=1S/C13H22N2O5S/c1-5-6-15-8-10(7-11(15)12(17)18)21(19,20)14-13(3,4)9(2)16/h7-9,14,16H,5-6H2,1-4H3,(H,17,18). The van der Waals surface area contributed by atoms with Crippen LogP contribution in [-0.2, 0) is 16.6 Å². The van der Waals surface area contributed by atoms with E-state index < -0.39 is 27.6 Å². The van der Waals surface area contributed by atoms with Gasteiger partial charge in [0.05, 0.1) is 11.6 Å². The van der Waals surface area contributed by atoms with Gasteiger partial charge < -0.3 is 14.8 Å². The second-order valence-corrected chi connectivity index (χ2v) is 7.25. The quantitative estimate of drug-likeness (QED) is 0.696. The summed E-state index contributed by atoms with van der Waals surface area (Å²) in [6, 6.07) is 1.12. The molecule has 1 heterocycles. The number of nitrogens with zero attached hydrogens (tertiary/aromatic N) is 1. The molecule has 0 spiro atoms. The van der Waals surface area contributed by atoms with Crippen LogP contribution in [0.3, 0.4) is 0 Å². The molecule has 0 amide bonds. The molecule has 1 aromatic heterocycles. The van der Waals surface area contributed by atoms with Crippen molar-refractivity contribution in [2.45, 2.75) is 57.2 Å². The summed E-state index contributed by atoms with van der Waals surface area (Å²) in [6.07, 6.45) is 1.08. The Hall–Kier alpha value is -1.38. The molecule has 21 heavy (non-hydrogen) atoms. The number of aliphatic hydroxyl groups is 1. The average Bonchev–Trinajstić information content (AvgIpc) is 2.73. The number of sulfonamides is 1. The van der Waals surface area contributed by atoms with Crippen molar-refractivity contribution in [3.05, 3.63) is 18.0 Å². The first-order chi connectivity index (χ1) is 9.51. The van der Waals surface area contributed by atoms with Gasteiger partial charge in [-0.2, -0.15) is 0 Å². The summed E-state index contributed by atoms with van der Waals surface area (Å²) >= 11 is 0. The second-order valence-electron chi connectivity index (χ2n) is 5.56. The molecule has 7 nitrogen and oxygen atoms in total. The van der Waals surface area contributed by atoms with E-state index in [1.165, 1.54) is 17.7 Å². The smallest absolute Gasteiger partial charge is 0.352 e. The van der Waals surface area contributed by atoms with Gasteiger partial charge in [-0.15, -0.1) is 0 Å². The van der Waals surface area contributed by atoms with Crippen LogP contribution in [-0.4, -0.2) is 40.8 Å². The van der Waals surface area contributed by atoms with Gasteiger partial charge in [0.15, 0.2) is 0 Å². The van der Waals surface area contributed by atoms with Crippen LogP contribution in [0.25, 0.3) is 0 Å². The van der Waals surface area contributed by atoms with Gasteiger partial charge in [-0.3, -0.25) is 0 Å². The third-order valence-corrected chi connectivity index (χ3v) is 4.95. The van der Waals surface area contributed by atoms with Crippen molar-refractivity contribution in [3.63, 3.8) is 0 Å². The fourth-order valence-corrected chi connectivity index (χ4v) is 3.24. The molecule has 0 bridgehead atoms. The minimum atomic E-state index is -3.91. The number of aromatic carboxylic acids is 1. The maximum absolute atomic E-state index is 12.3. The number of carboxylic acid groups (broad SMARTS) is 1. The van der Waals surface area contributed by atoms with Crippen molar-refractivity contribution in [1.82, 2.24) is 9.29 Å². The van der Waals surface area contributed by atoms with Gasteiger partial charge in [0.25, 0.3) is 0 Å². The van der Waals surface area contributed by atoms with Crippen LogP contribution < -0.4 is 4.72 Å². The normalized spacial score (nSPS) is 14.1. The maximum atomic E-state index is 12.3. The lowest BCUT2D eigenvalue weighted by Crippen LogP contribution is -2.50. The first-order valence-electron chi connectivity index (χ1n) is 6.66. The minimum absolute atomic E-state index is 0.0768. The Balaban J connectivity index is 3.21. The Labute approximate surface area is 124 Å². The average molecular weight is 318 g/mol. The van der Waals surface area contributed by atoms with Crippen molar-refractivity contribution >= 4 is 16.0 Å². The van der Waals surface area contributed by atoms with Gasteiger partial charge in [-0.25, -0.2) is 17.9 Å². The van der Waals surface area contributed by atoms with E-state index in [9.17, 15) is 18.3 Å². The Bertz CT molecular complexity index is 617. The van der Waals surface area contributed by atoms with Crippen molar-refractivity contribution in [3.8, 4) is 0 Å². The lowest BCUT2D eigenvalue weighted by atomic mass is 10.0. The predicted octanol–water partition coefficient (Wildman–Crippen LogP) is 1.03. The van der Waals surface area contributed by atoms with E-state index in [2.05, 4.69) is 4.72 Å².